The third kappa shape index (κ3) is 3.05. The van der Waals surface area contributed by atoms with Crippen LogP contribution in [0.15, 0.2) is 18.2 Å². The second-order valence-electron chi connectivity index (χ2n) is 5.96. The van der Waals surface area contributed by atoms with Crippen molar-refractivity contribution in [2.24, 2.45) is 0 Å². The summed E-state index contributed by atoms with van der Waals surface area (Å²) in [5.74, 6) is -0.282. The number of Topliss-reactive ketones (excluding diaryl/α,β-unsaturated/α-hetero) is 1. The fourth-order valence-electron chi connectivity index (χ4n) is 3.29. The van der Waals surface area contributed by atoms with Crippen LogP contribution in [0.25, 0.3) is 0 Å². The summed E-state index contributed by atoms with van der Waals surface area (Å²) >= 11 is 0. The van der Waals surface area contributed by atoms with Gasteiger partial charge < -0.3 is 10.1 Å². The van der Waals surface area contributed by atoms with E-state index in [9.17, 15) is 9.59 Å². The lowest BCUT2D eigenvalue weighted by atomic mass is 9.96. The van der Waals surface area contributed by atoms with Gasteiger partial charge in [0, 0.05) is 38.2 Å². The average Bonchev–Trinajstić information content (AvgIpc) is 2.87. The topological polar surface area (TPSA) is 58.6 Å². The first-order valence-corrected chi connectivity index (χ1v) is 7.87. The fraction of sp³-hybridized carbons (Fsp3) is 0.529. The van der Waals surface area contributed by atoms with Gasteiger partial charge in [0.1, 0.15) is 0 Å². The molecule has 0 spiro atoms. The molecule has 1 aromatic rings. The van der Waals surface area contributed by atoms with E-state index in [1.54, 1.807) is 0 Å². The highest BCUT2D eigenvalue weighted by Gasteiger charge is 2.35. The lowest BCUT2D eigenvalue weighted by Crippen LogP contribution is -2.42. The van der Waals surface area contributed by atoms with Crippen molar-refractivity contribution < 1.29 is 14.3 Å². The predicted molar refractivity (Wildman–Crippen MR) is 83.1 cm³/mol. The Hall–Kier alpha value is -1.72. The second-order valence-corrected chi connectivity index (χ2v) is 5.96. The summed E-state index contributed by atoms with van der Waals surface area (Å²) in [6.07, 6.45) is 0.295. The number of nitrogens with zero attached hydrogens (tertiary/aromatic N) is 1. The van der Waals surface area contributed by atoms with Crippen LogP contribution in [0, 0.1) is 6.92 Å². The van der Waals surface area contributed by atoms with Crippen LogP contribution >= 0.6 is 0 Å². The van der Waals surface area contributed by atoms with Crippen molar-refractivity contribution in [3.63, 3.8) is 0 Å². The molecule has 1 N–H and O–H groups in total. The molecule has 5 heteroatoms. The number of nitrogens with one attached hydrogen (secondary N) is 1. The highest BCUT2D eigenvalue weighted by Crippen LogP contribution is 2.35. The van der Waals surface area contributed by atoms with E-state index in [4.69, 9.17) is 4.74 Å². The molecule has 118 valence electrons. The van der Waals surface area contributed by atoms with Gasteiger partial charge in [0.25, 0.3) is 0 Å². The Labute approximate surface area is 130 Å². The zero-order valence-corrected chi connectivity index (χ0v) is 12.9. The summed E-state index contributed by atoms with van der Waals surface area (Å²) in [7, 11) is 0. The number of aryl methyl sites for hydroxylation is 1. The van der Waals surface area contributed by atoms with Crippen LogP contribution in [0.1, 0.15) is 33.8 Å². The number of carbonyl (C=O) groups excluding carboxylic acids is 2. The number of ether oxygens (including phenoxy) is 1. The van der Waals surface area contributed by atoms with E-state index in [0.717, 1.165) is 44.0 Å². The van der Waals surface area contributed by atoms with Gasteiger partial charge in [0.15, 0.2) is 5.78 Å². The zero-order valence-electron chi connectivity index (χ0n) is 12.9. The Balaban J connectivity index is 1.58. The van der Waals surface area contributed by atoms with E-state index in [-0.39, 0.29) is 17.6 Å². The maximum Gasteiger partial charge on any atom is 0.228 e. The summed E-state index contributed by atoms with van der Waals surface area (Å²) in [6, 6.07) is 5.67. The molecule has 1 aliphatic carbocycles. The maximum atomic E-state index is 12.4. The largest absolute Gasteiger partial charge is 0.379 e. The van der Waals surface area contributed by atoms with Crippen molar-refractivity contribution in [3.05, 3.63) is 34.9 Å². The van der Waals surface area contributed by atoms with Crippen LogP contribution in [0.2, 0.25) is 0 Å². The molecule has 1 atom stereocenters. The molecule has 1 saturated heterocycles. The number of hydrogen-bond acceptors (Lipinski definition) is 4. The number of hydrogen-bond donors (Lipinski definition) is 1. The van der Waals surface area contributed by atoms with Crippen molar-refractivity contribution in [1.82, 2.24) is 10.2 Å². The van der Waals surface area contributed by atoms with Gasteiger partial charge in [-0.05, 0) is 18.1 Å². The number of morpholine rings is 1. The molecule has 1 heterocycles. The highest BCUT2D eigenvalue weighted by molar-refractivity contribution is 6.07. The minimum absolute atomic E-state index is 0.0327. The van der Waals surface area contributed by atoms with E-state index < -0.39 is 0 Å². The lowest BCUT2D eigenvalue weighted by Gasteiger charge is -2.26. The van der Waals surface area contributed by atoms with Crippen LogP contribution in [-0.2, 0) is 9.53 Å². The summed E-state index contributed by atoms with van der Waals surface area (Å²) in [5, 5.41) is 2.99. The first-order valence-electron chi connectivity index (χ1n) is 7.87. The molecule has 5 nitrogen and oxygen atoms in total. The third-order valence-electron chi connectivity index (χ3n) is 4.51. The number of rotatable bonds is 4. The van der Waals surface area contributed by atoms with E-state index in [0.29, 0.717) is 18.5 Å². The minimum atomic E-state index is -0.326. The maximum absolute atomic E-state index is 12.4. The molecule has 1 unspecified atom stereocenters. The molecule has 0 aromatic heterocycles. The van der Waals surface area contributed by atoms with Crippen LogP contribution < -0.4 is 5.32 Å². The van der Waals surface area contributed by atoms with Gasteiger partial charge in [0.2, 0.25) is 5.91 Å². The predicted octanol–water partition coefficient (Wildman–Crippen LogP) is 1.11. The van der Waals surface area contributed by atoms with Crippen LogP contribution in [0.4, 0.5) is 0 Å². The minimum Gasteiger partial charge on any atom is -0.379 e. The molecule has 1 aliphatic heterocycles. The Morgan fingerprint density at radius 2 is 2.14 bits per heavy atom. The van der Waals surface area contributed by atoms with Crippen molar-refractivity contribution in [1.29, 1.82) is 0 Å². The van der Waals surface area contributed by atoms with Gasteiger partial charge in [-0.25, -0.2) is 0 Å². The molecule has 22 heavy (non-hydrogen) atoms. The van der Waals surface area contributed by atoms with E-state index in [2.05, 4.69) is 10.2 Å². The molecular formula is C17H22N2O3. The Morgan fingerprint density at radius 3 is 2.91 bits per heavy atom. The monoisotopic (exact) mass is 302 g/mol. The summed E-state index contributed by atoms with van der Waals surface area (Å²) in [4.78, 5) is 26.8. The first kappa shape index (κ1) is 15.2. The smallest absolute Gasteiger partial charge is 0.228 e. The number of ketones is 1. The number of amides is 1. The normalized spacial score (nSPS) is 21.7. The number of benzene rings is 1. The standard InChI is InChI=1S/C17H22N2O3/c1-12-3-2-4-13-15(20)11-14(16(12)13)17(21)18-5-6-19-7-9-22-10-8-19/h2-4,14H,5-11H2,1H3,(H,18,21). The lowest BCUT2D eigenvalue weighted by molar-refractivity contribution is -0.122. The van der Waals surface area contributed by atoms with Crippen molar-refractivity contribution in [2.45, 2.75) is 19.3 Å². The molecule has 1 fully saturated rings. The van der Waals surface area contributed by atoms with Gasteiger partial charge in [-0.1, -0.05) is 18.2 Å². The van der Waals surface area contributed by atoms with Crippen LogP contribution in [-0.4, -0.2) is 56.0 Å². The molecular weight excluding hydrogens is 280 g/mol. The van der Waals surface area contributed by atoms with Gasteiger partial charge in [-0.15, -0.1) is 0 Å². The first-order chi connectivity index (χ1) is 10.7. The van der Waals surface area contributed by atoms with Crippen LogP contribution in [0.3, 0.4) is 0 Å². The molecule has 2 aliphatic rings. The SMILES string of the molecule is Cc1cccc2c1C(C(=O)NCCN1CCOCC1)CC2=O. The summed E-state index contributed by atoms with van der Waals surface area (Å²) in [6.45, 7) is 6.77. The van der Waals surface area contributed by atoms with Crippen molar-refractivity contribution >= 4 is 11.7 Å². The van der Waals surface area contributed by atoms with Crippen molar-refractivity contribution in [3.8, 4) is 0 Å². The van der Waals surface area contributed by atoms with Gasteiger partial charge in [-0.2, -0.15) is 0 Å². The van der Waals surface area contributed by atoms with E-state index >= 15 is 0 Å². The molecule has 1 amide bonds. The Morgan fingerprint density at radius 1 is 1.36 bits per heavy atom. The molecule has 3 rings (SSSR count). The van der Waals surface area contributed by atoms with Gasteiger partial charge >= 0.3 is 0 Å². The fourth-order valence-corrected chi connectivity index (χ4v) is 3.29. The summed E-state index contributed by atoms with van der Waals surface area (Å²) < 4.78 is 5.31. The van der Waals surface area contributed by atoms with Gasteiger partial charge in [-0.3, -0.25) is 14.5 Å². The Kier molecular flexibility index (Phi) is 4.55. The molecule has 1 aromatic carbocycles. The van der Waals surface area contributed by atoms with Gasteiger partial charge in [0.05, 0.1) is 19.1 Å². The van der Waals surface area contributed by atoms with Crippen molar-refractivity contribution in [2.75, 3.05) is 39.4 Å². The third-order valence-corrected chi connectivity index (χ3v) is 4.51. The van der Waals surface area contributed by atoms with E-state index in [1.165, 1.54) is 0 Å². The zero-order chi connectivity index (χ0) is 15.5. The molecule has 0 radical (unpaired) electrons. The molecule has 0 saturated carbocycles. The number of carbonyl (C=O) groups is 2. The summed E-state index contributed by atoms with van der Waals surface area (Å²) in [5.41, 5.74) is 2.65. The number of fused-ring (bicyclic) bond motifs is 1. The second kappa shape index (κ2) is 6.58. The quantitative estimate of drug-likeness (QED) is 0.905. The average molecular weight is 302 g/mol. The van der Waals surface area contributed by atoms with E-state index in [1.807, 2.05) is 25.1 Å². The molecule has 0 bridgehead atoms. The van der Waals surface area contributed by atoms with Crippen LogP contribution in [0.5, 0.6) is 0 Å². The highest BCUT2D eigenvalue weighted by atomic mass is 16.5. The Bertz CT molecular complexity index is 579.